The van der Waals surface area contributed by atoms with Crippen molar-refractivity contribution in [2.45, 2.75) is 23.1 Å². The Hall–Kier alpha value is -1.71. The highest BCUT2D eigenvalue weighted by Crippen LogP contribution is 2.24. The number of sulfone groups is 1. The number of ketones is 2. The molecule has 0 radical (unpaired) electrons. The zero-order valence-corrected chi connectivity index (χ0v) is 12.5. The van der Waals surface area contributed by atoms with Crippen molar-refractivity contribution >= 4 is 33.0 Å². The van der Waals surface area contributed by atoms with Gasteiger partial charge in [-0.05, 0) is 24.3 Å². The summed E-state index contributed by atoms with van der Waals surface area (Å²) in [5.74, 6) is -1.55. The van der Waals surface area contributed by atoms with E-state index in [1.807, 2.05) is 0 Å². The van der Waals surface area contributed by atoms with E-state index in [9.17, 15) is 18.0 Å². The molecule has 7 heteroatoms. The standard InChI is InChI=1S/C13H12ClNO4S/c1-3-11(16)13(14,8-15)12(17)9-4-6-10(7-5-9)20(2,18)19/h4-7H,3H2,1-2H3. The summed E-state index contributed by atoms with van der Waals surface area (Å²) in [5, 5.41) is 8.98. The molecule has 0 fully saturated rings. The molecular formula is C13H12ClNO4S. The fraction of sp³-hybridized carbons (Fsp3) is 0.308. The summed E-state index contributed by atoms with van der Waals surface area (Å²) < 4.78 is 22.6. The molecule has 1 rings (SSSR count). The van der Waals surface area contributed by atoms with Crippen LogP contribution in [0, 0.1) is 11.3 Å². The lowest BCUT2D eigenvalue weighted by Crippen LogP contribution is -2.39. The van der Waals surface area contributed by atoms with Crippen LogP contribution in [0.1, 0.15) is 23.7 Å². The van der Waals surface area contributed by atoms with Crippen molar-refractivity contribution in [2.24, 2.45) is 0 Å². The molecule has 0 saturated carbocycles. The Bertz CT molecular complexity index is 688. The lowest BCUT2D eigenvalue weighted by Gasteiger charge is -2.15. The van der Waals surface area contributed by atoms with E-state index in [-0.39, 0.29) is 16.9 Å². The van der Waals surface area contributed by atoms with Gasteiger partial charge in [-0.25, -0.2) is 8.42 Å². The van der Waals surface area contributed by atoms with Gasteiger partial charge >= 0.3 is 0 Å². The van der Waals surface area contributed by atoms with E-state index in [4.69, 9.17) is 16.9 Å². The Morgan fingerprint density at radius 2 is 1.80 bits per heavy atom. The zero-order chi connectivity index (χ0) is 15.6. The minimum absolute atomic E-state index is 0.00995. The van der Waals surface area contributed by atoms with Crippen LogP contribution in [0.2, 0.25) is 0 Å². The van der Waals surface area contributed by atoms with Gasteiger partial charge in [-0.15, -0.1) is 0 Å². The van der Waals surface area contributed by atoms with E-state index in [0.29, 0.717) is 0 Å². The molecule has 1 atom stereocenters. The first kappa shape index (κ1) is 16.3. The number of carbonyl (C=O) groups excluding carboxylic acids is 2. The maximum Gasteiger partial charge on any atom is 0.250 e. The van der Waals surface area contributed by atoms with Crippen molar-refractivity contribution in [3.63, 3.8) is 0 Å². The molecule has 0 aromatic heterocycles. The summed E-state index contributed by atoms with van der Waals surface area (Å²) in [5.41, 5.74) is 0.00995. The molecular weight excluding hydrogens is 302 g/mol. The minimum Gasteiger partial charge on any atom is -0.296 e. The van der Waals surface area contributed by atoms with Crippen molar-refractivity contribution in [2.75, 3.05) is 6.26 Å². The Labute approximate surface area is 122 Å². The fourth-order valence-electron chi connectivity index (χ4n) is 1.54. The third-order valence-corrected chi connectivity index (χ3v) is 4.31. The molecule has 0 spiro atoms. The van der Waals surface area contributed by atoms with Gasteiger partial charge in [0.1, 0.15) is 6.07 Å². The number of nitriles is 1. The molecule has 5 nitrogen and oxygen atoms in total. The van der Waals surface area contributed by atoms with E-state index >= 15 is 0 Å². The SMILES string of the molecule is CCC(=O)C(Cl)(C#N)C(=O)c1ccc(S(C)(=O)=O)cc1. The number of carbonyl (C=O) groups is 2. The molecule has 20 heavy (non-hydrogen) atoms. The van der Waals surface area contributed by atoms with Crippen molar-refractivity contribution in [1.29, 1.82) is 5.26 Å². The van der Waals surface area contributed by atoms with Gasteiger partial charge in [0.25, 0.3) is 0 Å². The lowest BCUT2D eigenvalue weighted by atomic mass is 9.93. The van der Waals surface area contributed by atoms with Crippen LogP contribution in [-0.2, 0) is 14.6 Å². The summed E-state index contributed by atoms with van der Waals surface area (Å²) in [6, 6.07) is 6.44. The number of hydrogen-bond donors (Lipinski definition) is 0. The predicted molar refractivity (Wildman–Crippen MR) is 73.4 cm³/mol. The average molecular weight is 314 g/mol. The van der Waals surface area contributed by atoms with Crippen LogP contribution in [0.3, 0.4) is 0 Å². The van der Waals surface area contributed by atoms with Gasteiger partial charge in [0.05, 0.1) is 4.90 Å². The normalized spacial score (nSPS) is 14.1. The number of hydrogen-bond acceptors (Lipinski definition) is 5. The van der Waals surface area contributed by atoms with Crippen LogP contribution >= 0.6 is 11.6 Å². The molecule has 0 N–H and O–H groups in total. The van der Waals surface area contributed by atoms with Crippen LogP contribution in [0.5, 0.6) is 0 Å². The molecule has 106 valence electrons. The van der Waals surface area contributed by atoms with Gasteiger partial charge in [0.2, 0.25) is 10.7 Å². The van der Waals surface area contributed by atoms with Gasteiger partial charge in [-0.2, -0.15) is 5.26 Å². The maximum absolute atomic E-state index is 12.1. The van der Waals surface area contributed by atoms with Gasteiger partial charge in [-0.1, -0.05) is 18.5 Å². The number of alkyl halides is 1. The largest absolute Gasteiger partial charge is 0.296 e. The van der Waals surface area contributed by atoms with Gasteiger partial charge in [-0.3, -0.25) is 9.59 Å². The van der Waals surface area contributed by atoms with Crippen molar-refractivity contribution in [3.05, 3.63) is 29.8 Å². The Morgan fingerprint density at radius 3 is 2.15 bits per heavy atom. The second-order valence-corrected chi connectivity index (χ2v) is 6.76. The van der Waals surface area contributed by atoms with Gasteiger partial charge < -0.3 is 0 Å². The highest BCUT2D eigenvalue weighted by atomic mass is 35.5. The molecule has 0 bridgehead atoms. The molecule has 1 aromatic carbocycles. The van der Waals surface area contributed by atoms with Crippen LogP contribution < -0.4 is 0 Å². The van der Waals surface area contributed by atoms with Crippen LogP contribution in [0.4, 0.5) is 0 Å². The van der Waals surface area contributed by atoms with E-state index in [1.54, 1.807) is 0 Å². The molecule has 0 aliphatic heterocycles. The van der Waals surface area contributed by atoms with E-state index in [2.05, 4.69) is 0 Å². The summed E-state index contributed by atoms with van der Waals surface area (Å²) in [4.78, 5) is 21.5. The smallest absolute Gasteiger partial charge is 0.250 e. The number of nitrogens with zero attached hydrogens (tertiary/aromatic N) is 1. The summed E-state index contributed by atoms with van der Waals surface area (Å²) in [7, 11) is -3.38. The second-order valence-electron chi connectivity index (χ2n) is 4.17. The topological polar surface area (TPSA) is 92.1 Å². The molecule has 0 aliphatic rings. The third-order valence-electron chi connectivity index (χ3n) is 2.72. The Morgan fingerprint density at radius 1 is 1.30 bits per heavy atom. The fourth-order valence-corrected chi connectivity index (χ4v) is 2.41. The Balaban J connectivity index is 3.23. The number of rotatable bonds is 5. The first-order valence-electron chi connectivity index (χ1n) is 5.65. The van der Waals surface area contributed by atoms with Crippen LogP contribution in [-0.4, -0.2) is 31.1 Å². The van der Waals surface area contributed by atoms with E-state index < -0.39 is 26.3 Å². The Kier molecular flexibility index (Phi) is 4.69. The summed E-state index contributed by atoms with van der Waals surface area (Å²) >= 11 is 5.81. The first-order valence-corrected chi connectivity index (χ1v) is 7.92. The van der Waals surface area contributed by atoms with Crippen molar-refractivity contribution in [3.8, 4) is 6.07 Å². The molecule has 0 amide bonds. The predicted octanol–water partition coefficient (Wildman–Crippen LogP) is 1.75. The van der Waals surface area contributed by atoms with Gasteiger partial charge in [0, 0.05) is 18.2 Å². The minimum atomic E-state index is -3.38. The summed E-state index contributed by atoms with van der Waals surface area (Å²) in [6.45, 7) is 1.50. The molecule has 0 saturated heterocycles. The monoisotopic (exact) mass is 313 g/mol. The quantitative estimate of drug-likeness (QED) is 0.469. The number of halogens is 1. The van der Waals surface area contributed by atoms with Crippen molar-refractivity contribution in [1.82, 2.24) is 0 Å². The zero-order valence-electron chi connectivity index (χ0n) is 10.9. The van der Waals surface area contributed by atoms with E-state index in [1.165, 1.54) is 37.3 Å². The molecule has 1 aromatic rings. The van der Waals surface area contributed by atoms with Crippen LogP contribution in [0.25, 0.3) is 0 Å². The molecule has 0 aliphatic carbocycles. The highest BCUT2D eigenvalue weighted by molar-refractivity contribution is 7.90. The number of benzene rings is 1. The van der Waals surface area contributed by atoms with E-state index in [0.717, 1.165) is 6.26 Å². The molecule has 1 unspecified atom stereocenters. The summed E-state index contributed by atoms with van der Waals surface area (Å²) in [6.07, 6.45) is 0.982. The van der Waals surface area contributed by atoms with Crippen molar-refractivity contribution < 1.29 is 18.0 Å². The third kappa shape index (κ3) is 3.06. The average Bonchev–Trinajstić information content (AvgIpc) is 2.43. The second kappa shape index (κ2) is 5.73. The number of Topliss-reactive ketones (excluding diaryl/α,β-unsaturated/α-hetero) is 2. The maximum atomic E-state index is 12.1. The molecule has 0 heterocycles. The first-order chi connectivity index (χ1) is 9.16. The lowest BCUT2D eigenvalue weighted by molar-refractivity contribution is -0.119. The van der Waals surface area contributed by atoms with Crippen LogP contribution in [0.15, 0.2) is 29.2 Å². The highest BCUT2D eigenvalue weighted by Gasteiger charge is 2.43. The van der Waals surface area contributed by atoms with Gasteiger partial charge in [0.15, 0.2) is 15.6 Å².